The molecule has 1 aromatic rings. The van der Waals surface area contributed by atoms with Crippen LogP contribution >= 0.6 is 0 Å². The lowest BCUT2D eigenvalue weighted by atomic mass is 9.99. The standard InChI is InChI=1S/C15H22N2O/c18-15-7-2-1-5-12(15)11-16-13-8-10-17-9-4-3-6-14(13)17/h1-2,5,7,13-14,16,18H,3-4,6,8-11H2. The predicted octanol–water partition coefficient (Wildman–Crippen LogP) is 2.11. The Kier molecular flexibility index (Phi) is 3.52. The lowest BCUT2D eigenvalue weighted by molar-refractivity contribution is 0.180. The first kappa shape index (κ1) is 12.0. The lowest BCUT2D eigenvalue weighted by Crippen LogP contribution is -2.44. The Morgan fingerprint density at radius 1 is 1.17 bits per heavy atom. The average molecular weight is 246 g/mol. The van der Waals surface area contributed by atoms with Gasteiger partial charge in [0.1, 0.15) is 5.75 Å². The molecule has 2 atom stereocenters. The van der Waals surface area contributed by atoms with E-state index in [0.717, 1.165) is 18.2 Å². The summed E-state index contributed by atoms with van der Waals surface area (Å²) in [6.07, 6.45) is 5.31. The van der Waals surface area contributed by atoms with E-state index in [9.17, 15) is 5.11 Å². The van der Waals surface area contributed by atoms with Gasteiger partial charge in [-0.1, -0.05) is 24.6 Å². The van der Waals surface area contributed by atoms with Crippen molar-refractivity contribution in [2.24, 2.45) is 0 Å². The van der Waals surface area contributed by atoms with Crippen LogP contribution in [-0.2, 0) is 6.54 Å². The molecule has 0 amide bonds. The Hall–Kier alpha value is -1.06. The largest absolute Gasteiger partial charge is 0.508 e. The third-order valence-corrected chi connectivity index (χ3v) is 4.40. The van der Waals surface area contributed by atoms with Gasteiger partial charge in [-0.05, 0) is 31.9 Å². The van der Waals surface area contributed by atoms with Crippen molar-refractivity contribution < 1.29 is 5.11 Å². The number of hydrogen-bond acceptors (Lipinski definition) is 3. The highest BCUT2D eigenvalue weighted by Crippen LogP contribution is 2.27. The minimum atomic E-state index is 0.406. The minimum absolute atomic E-state index is 0.406. The number of para-hydroxylation sites is 1. The van der Waals surface area contributed by atoms with Crippen LogP contribution in [0.5, 0.6) is 5.75 Å². The molecule has 2 N–H and O–H groups in total. The Bertz CT molecular complexity index is 407. The van der Waals surface area contributed by atoms with Gasteiger partial charge in [0.25, 0.3) is 0 Å². The lowest BCUT2D eigenvalue weighted by Gasteiger charge is -2.32. The van der Waals surface area contributed by atoms with Gasteiger partial charge in [0.15, 0.2) is 0 Å². The number of rotatable bonds is 3. The van der Waals surface area contributed by atoms with Gasteiger partial charge in [0.05, 0.1) is 0 Å². The first-order valence-corrected chi connectivity index (χ1v) is 7.09. The van der Waals surface area contributed by atoms with Gasteiger partial charge < -0.3 is 10.4 Å². The van der Waals surface area contributed by atoms with E-state index in [2.05, 4.69) is 10.2 Å². The van der Waals surface area contributed by atoms with Crippen molar-refractivity contribution in [3.05, 3.63) is 29.8 Å². The summed E-state index contributed by atoms with van der Waals surface area (Å²) in [5, 5.41) is 13.4. The molecule has 3 nitrogen and oxygen atoms in total. The summed E-state index contributed by atoms with van der Waals surface area (Å²) >= 11 is 0. The van der Waals surface area contributed by atoms with E-state index < -0.39 is 0 Å². The minimum Gasteiger partial charge on any atom is -0.508 e. The van der Waals surface area contributed by atoms with Crippen LogP contribution in [0, 0.1) is 0 Å². The maximum atomic E-state index is 9.77. The average Bonchev–Trinajstić information content (AvgIpc) is 2.81. The molecule has 2 saturated heterocycles. The highest BCUT2D eigenvalue weighted by Gasteiger charge is 2.34. The highest BCUT2D eigenvalue weighted by atomic mass is 16.3. The molecule has 2 unspecified atom stereocenters. The molecule has 1 aromatic carbocycles. The summed E-state index contributed by atoms with van der Waals surface area (Å²) in [6.45, 7) is 3.30. The van der Waals surface area contributed by atoms with Crippen LogP contribution in [0.3, 0.4) is 0 Å². The number of benzene rings is 1. The van der Waals surface area contributed by atoms with E-state index in [1.165, 1.54) is 38.8 Å². The Morgan fingerprint density at radius 3 is 2.94 bits per heavy atom. The van der Waals surface area contributed by atoms with Crippen molar-refractivity contribution in [1.29, 1.82) is 0 Å². The molecule has 0 aliphatic carbocycles. The zero-order valence-corrected chi connectivity index (χ0v) is 10.8. The summed E-state index contributed by atoms with van der Waals surface area (Å²) in [7, 11) is 0. The first-order valence-electron chi connectivity index (χ1n) is 7.09. The molecule has 0 radical (unpaired) electrons. The second-order valence-corrected chi connectivity index (χ2v) is 5.50. The number of aromatic hydroxyl groups is 1. The van der Waals surface area contributed by atoms with E-state index in [1.54, 1.807) is 6.07 Å². The monoisotopic (exact) mass is 246 g/mol. The summed E-state index contributed by atoms with van der Waals surface area (Å²) in [6, 6.07) is 8.94. The Morgan fingerprint density at radius 2 is 2.06 bits per heavy atom. The number of phenols is 1. The van der Waals surface area contributed by atoms with E-state index in [0.29, 0.717) is 11.8 Å². The van der Waals surface area contributed by atoms with Crippen molar-refractivity contribution >= 4 is 0 Å². The maximum absolute atomic E-state index is 9.77. The summed E-state index contributed by atoms with van der Waals surface area (Å²) in [5.74, 6) is 0.406. The van der Waals surface area contributed by atoms with E-state index >= 15 is 0 Å². The van der Waals surface area contributed by atoms with Gasteiger partial charge in [0, 0.05) is 30.7 Å². The van der Waals surface area contributed by atoms with Gasteiger partial charge in [-0.3, -0.25) is 4.90 Å². The Labute approximate surface area is 109 Å². The van der Waals surface area contributed by atoms with Gasteiger partial charge in [-0.15, -0.1) is 0 Å². The molecular weight excluding hydrogens is 224 g/mol. The Balaban J connectivity index is 1.59. The van der Waals surface area contributed by atoms with Crippen LogP contribution in [0.2, 0.25) is 0 Å². The zero-order valence-electron chi connectivity index (χ0n) is 10.8. The second-order valence-electron chi connectivity index (χ2n) is 5.50. The molecule has 2 aliphatic heterocycles. The van der Waals surface area contributed by atoms with Crippen LogP contribution in [0.1, 0.15) is 31.2 Å². The quantitative estimate of drug-likeness (QED) is 0.857. The van der Waals surface area contributed by atoms with Gasteiger partial charge in [-0.2, -0.15) is 0 Å². The molecular formula is C15H22N2O. The summed E-state index contributed by atoms with van der Waals surface area (Å²) in [4.78, 5) is 2.63. The highest BCUT2D eigenvalue weighted by molar-refractivity contribution is 5.31. The number of fused-ring (bicyclic) bond motifs is 1. The molecule has 0 spiro atoms. The molecule has 0 saturated carbocycles. The fraction of sp³-hybridized carbons (Fsp3) is 0.600. The molecule has 3 heteroatoms. The molecule has 98 valence electrons. The van der Waals surface area contributed by atoms with Gasteiger partial charge in [0.2, 0.25) is 0 Å². The second kappa shape index (κ2) is 5.29. The molecule has 2 aliphatic rings. The van der Waals surface area contributed by atoms with Crippen molar-refractivity contribution in [2.45, 2.75) is 44.3 Å². The van der Waals surface area contributed by atoms with E-state index in [4.69, 9.17) is 0 Å². The molecule has 18 heavy (non-hydrogen) atoms. The van der Waals surface area contributed by atoms with Crippen molar-refractivity contribution in [3.8, 4) is 5.75 Å². The molecule has 2 fully saturated rings. The fourth-order valence-corrected chi connectivity index (χ4v) is 3.39. The van der Waals surface area contributed by atoms with Gasteiger partial charge >= 0.3 is 0 Å². The summed E-state index contributed by atoms with van der Waals surface area (Å²) in [5.41, 5.74) is 1.01. The smallest absolute Gasteiger partial charge is 0.120 e. The van der Waals surface area contributed by atoms with Crippen LogP contribution < -0.4 is 5.32 Å². The molecule has 3 rings (SSSR count). The zero-order chi connectivity index (χ0) is 12.4. The number of piperidine rings is 1. The molecule has 0 aromatic heterocycles. The number of phenolic OH excluding ortho intramolecular Hbond substituents is 1. The van der Waals surface area contributed by atoms with Gasteiger partial charge in [-0.25, -0.2) is 0 Å². The predicted molar refractivity (Wildman–Crippen MR) is 72.6 cm³/mol. The van der Waals surface area contributed by atoms with Crippen LogP contribution in [0.15, 0.2) is 24.3 Å². The van der Waals surface area contributed by atoms with Crippen molar-refractivity contribution in [2.75, 3.05) is 13.1 Å². The van der Waals surface area contributed by atoms with Crippen molar-refractivity contribution in [3.63, 3.8) is 0 Å². The SMILES string of the molecule is Oc1ccccc1CNC1CCN2CCCCC12. The third-order valence-electron chi connectivity index (χ3n) is 4.40. The number of nitrogens with zero attached hydrogens (tertiary/aromatic N) is 1. The summed E-state index contributed by atoms with van der Waals surface area (Å²) < 4.78 is 0. The first-order chi connectivity index (χ1) is 8.84. The molecule has 0 bridgehead atoms. The topological polar surface area (TPSA) is 35.5 Å². The third kappa shape index (κ3) is 2.38. The fourth-order valence-electron chi connectivity index (χ4n) is 3.39. The van der Waals surface area contributed by atoms with E-state index in [1.807, 2.05) is 18.2 Å². The number of hydrogen-bond donors (Lipinski definition) is 2. The van der Waals surface area contributed by atoms with Crippen LogP contribution in [0.4, 0.5) is 0 Å². The van der Waals surface area contributed by atoms with E-state index in [-0.39, 0.29) is 0 Å². The maximum Gasteiger partial charge on any atom is 0.120 e. The molecule has 2 heterocycles. The van der Waals surface area contributed by atoms with Crippen molar-refractivity contribution in [1.82, 2.24) is 10.2 Å². The number of nitrogens with one attached hydrogen (secondary N) is 1. The normalized spacial score (nSPS) is 28.2. The van der Waals surface area contributed by atoms with Crippen LogP contribution in [0.25, 0.3) is 0 Å². The van der Waals surface area contributed by atoms with Crippen LogP contribution in [-0.4, -0.2) is 35.2 Å².